The molecular formula is C13H19Cl2NO2. The highest BCUT2D eigenvalue weighted by Crippen LogP contribution is 2.35. The van der Waals surface area contributed by atoms with Gasteiger partial charge in [0, 0.05) is 10.6 Å². The second-order valence-corrected chi connectivity index (χ2v) is 5.20. The summed E-state index contributed by atoms with van der Waals surface area (Å²) in [5.41, 5.74) is 6.54. The van der Waals surface area contributed by atoms with E-state index in [2.05, 4.69) is 0 Å². The summed E-state index contributed by atoms with van der Waals surface area (Å²) in [6, 6.07) is 4.17. The van der Waals surface area contributed by atoms with Crippen molar-refractivity contribution in [2.45, 2.75) is 37.8 Å². The van der Waals surface area contributed by atoms with Crippen molar-refractivity contribution >= 4 is 24.0 Å². The molecule has 5 heteroatoms. The molecule has 0 bridgehead atoms. The van der Waals surface area contributed by atoms with E-state index in [1.807, 2.05) is 0 Å². The Balaban J connectivity index is 0.00000162. The molecule has 1 aromatic carbocycles. The number of halogens is 2. The van der Waals surface area contributed by atoms with Gasteiger partial charge in [0.15, 0.2) is 0 Å². The van der Waals surface area contributed by atoms with Crippen molar-refractivity contribution in [2.75, 3.05) is 0 Å². The van der Waals surface area contributed by atoms with Crippen LogP contribution in [0.1, 0.15) is 37.3 Å². The van der Waals surface area contributed by atoms with Gasteiger partial charge < -0.3 is 15.9 Å². The molecule has 0 radical (unpaired) electrons. The van der Waals surface area contributed by atoms with Gasteiger partial charge in [0.25, 0.3) is 0 Å². The molecule has 1 aliphatic rings. The quantitative estimate of drug-likeness (QED) is 0.802. The molecule has 1 saturated carbocycles. The van der Waals surface area contributed by atoms with Gasteiger partial charge in [0.1, 0.15) is 5.75 Å². The first kappa shape index (κ1) is 15.6. The van der Waals surface area contributed by atoms with Crippen molar-refractivity contribution in [1.82, 2.24) is 0 Å². The van der Waals surface area contributed by atoms with E-state index in [1.165, 1.54) is 6.07 Å². The Bertz CT molecular complexity index is 395. The molecule has 0 aromatic heterocycles. The molecule has 1 fully saturated rings. The fraction of sp³-hybridized carbons (Fsp3) is 0.538. The number of hydrogen-bond donors (Lipinski definition) is 3. The average molecular weight is 292 g/mol. The summed E-state index contributed by atoms with van der Waals surface area (Å²) in [4.78, 5) is 0. The third-order valence-corrected chi connectivity index (χ3v) is 3.83. The Hall–Kier alpha value is -0.480. The second kappa shape index (κ2) is 6.62. The molecule has 1 aromatic rings. The molecule has 0 saturated heterocycles. The van der Waals surface area contributed by atoms with E-state index in [0.29, 0.717) is 10.6 Å². The van der Waals surface area contributed by atoms with Gasteiger partial charge in [-0.1, -0.05) is 24.4 Å². The predicted molar refractivity (Wildman–Crippen MR) is 75.3 cm³/mol. The zero-order valence-electron chi connectivity index (χ0n) is 10.1. The molecule has 4 N–H and O–H groups in total. The van der Waals surface area contributed by atoms with Crippen LogP contribution in [-0.4, -0.2) is 16.3 Å². The summed E-state index contributed by atoms with van der Waals surface area (Å²) in [6.45, 7) is 0. The molecule has 1 aliphatic carbocycles. The first-order valence-corrected chi connectivity index (χ1v) is 6.39. The molecule has 2 atom stereocenters. The van der Waals surface area contributed by atoms with E-state index in [0.717, 1.165) is 25.7 Å². The lowest BCUT2D eigenvalue weighted by molar-refractivity contribution is 0.0836. The highest BCUT2D eigenvalue weighted by molar-refractivity contribution is 6.30. The van der Waals surface area contributed by atoms with Gasteiger partial charge in [-0.25, -0.2) is 0 Å². The van der Waals surface area contributed by atoms with E-state index >= 15 is 0 Å². The van der Waals surface area contributed by atoms with Crippen LogP contribution < -0.4 is 5.73 Å². The zero-order valence-corrected chi connectivity index (χ0v) is 11.6. The van der Waals surface area contributed by atoms with E-state index in [4.69, 9.17) is 17.3 Å². The number of aliphatic hydroxyl groups excluding tert-OH is 1. The number of aliphatic hydroxyl groups is 1. The predicted octanol–water partition coefficient (Wildman–Crippen LogP) is 3.02. The molecular weight excluding hydrogens is 273 g/mol. The van der Waals surface area contributed by atoms with Gasteiger partial charge in [-0.3, -0.25) is 0 Å². The van der Waals surface area contributed by atoms with Crippen molar-refractivity contribution in [3.05, 3.63) is 28.8 Å². The smallest absolute Gasteiger partial charge is 0.120 e. The van der Waals surface area contributed by atoms with Crippen LogP contribution in [0.5, 0.6) is 5.75 Å². The summed E-state index contributed by atoms with van der Waals surface area (Å²) >= 11 is 5.88. The highest BCUT2D eigenvalue weighted by atomic mass is 35.5. The maximum Gasteiger partial charge on any atom is 0.120 e. The number of phenols is 1. The van der Waals surface area contributed by atoms with Gasteiger partial charge in [0.2, 0.25) is 0 Å². The monoisotopic (exact) mass is 291 g/mol. The topological polar surface area (TPSA) is 66.5 Å². The summed E-state index contributed by atoms with van der Waals surface area (Å²) < 4.78 is 0. The summed E-state index contributed by atoms with van der Waals surface area (Å²) in [5.74, 6) is 0.335. The molecule has 18 heavy (non-hydrogen) atoms. The Morgan fingerprint density at radius 1 is 1.28 bits per heavy atom. The van der Waals surface area contributed by atoms with Crippen molar-refractivity contribution in [1.29, 1.82) is 0 Å². The minimum atomic E-state index is -0.609. The first-order valence-electron chi connectivity index (χ1n) is 6.01. The third kappa shape index (κ3) is 3.29. The average Bonchev–Trinajstić information content (AvgIpc) is 2.84. The molecule has 0 spiro atoms. The molecule has 3 nitrogen and oxygen atoms in total. The van der Waals surface area contributed by atoms with Crippen LogP contribution in [0.25, 0.3) is 0 Å². The lowest BCUT2D eigenvalue weighted by Crippen LogP contribution is -2.32. The van der Waals surface area contributed by atoms with Crippen molar-refractivity contribution in [3.63, 3.8) is 0 Å². The normalized spacial score (nSPS) is 19.3. The van der Waals surface area contributed by atoms with Crippen LogP contribution in [-0.2, 0) is 0 Å². The fourth-order valence-corrected chi connectivity index (χ4v) is 2.75. The third-order valence-electron chi connectivity index (χ3n) is 3.60. The zero-order chi connectivity index (χ0) is 12.4. The molecule has 0 amide bonds. The summed E-state index contributed by atoms with van der Waals surface area (Å²) in [7, 11) is 0. The summed E-state index contributed by atoms with van der Waals surface area (Å²) in [5, 5.41) is 20.5. The van der Waals surface area contributed by atoms with Gasteiger partial charge in [-0.15, -0.1) is 12.4 Å². The van der Waals surface area contributed by atoms with Crippen LogP contribution in [0.15, 0.2) is 18.2 Å². The van der Waals surface area contributed by atoms with Crippen LogP contribution in [0.2, 0.25) is 5.02 Å². The van der Waals surface area contributed by atoms with E-state index in [-0.39, 0.29) is 24.1 Å². The second-order valence-electron chi connectivity index (χ2n) is 4.76. The Morgan fingerprint density at radius 3 is 2.50 bits per heavy atom. The fourth-order valence-electron chi connectivity index (χ4n) is 2.57. The van der Waals surface area contributed by atoms with Crippen molar-refractivity contribution in [2.24, 2.45) is 11.7 Å². The first-order chi connectivity index (χ1) is 8.09. The van der Waals surface area contributed by atoms with E-state index < -0.39 is 12.1 Å². The number of phenolic OH excluding ortho intramolecular Hbond substituents is 1. The highest BCUT2D eigenvalue weighted by Gasteiger charge is 2.29. The van der Waals surface area contributed by atoms with E-state index in [1.54, 1.807) is 12.1 Å². The van der Waals surface area contributed by atoms with Gasteiger partial charge in [-0.2, -0.15) is 0 Å². The van der Waals surface area contributed by atoms with Crippen molar-refractivity contribution < 1.29 is 10.2 Å². The van der Waals surface area contributed by atoms with Gasteiger partial charge in [0.05, 0.1) is 12.1 Å². The molecule has 0 unspecified atom stereocenters. The van der Waals surface area contributed by atoms with E-state index in [9.17, 15) is 10.2 Å². The number of nitrogens with two attached hydrogens (primary N) is 1. The Kier molecular flexibility index (Phi) is 5.73. The summed E-state index contributed by atoms with van der Waals surface area (Å²) in [6.07, 6.45) is 3.71. The number of benzene rings is 1. The lowest BCUT2D eigenvalue weighted by atomic mass is 9.90. The standard InChI is InChI=1S/C13H18ClNO2.ClH/c14-9-5-6-11(16)10(7-9)12(15)13(17)8-3-1-2-4-8;/h5-8,12-13,16-17H,1-4,15H2;1H/t12-,13+;/m0./s1. The minimum absolute atomic E-state index is 0. The van der Waals surface area contributed by atoms with Crippen molar-refractivity contribution in [3.8, 4) is 5.75 Å². The van der Waals surface area contributed by atoms with Crippen LogP contribution in [0, 0.1) is 5.92 Å². The van der Waals surface area contributed by atoms with Crippen LogP contribution in [0.4, 0.5) is 0 Å². The number of rotatable bonds is 3. The Morgan fingerprint density at radius 2 is 1.89 bits per heavy atom. The SMILES string of the molecule is Cl.N[C@@H](c1cc(Cl)ccc1O)[C@H](O)C1CCCC1. The molecule has 2 rings (SSSR count). The van der Waals surface area contributed by atoms with Gasteiger partial charge in [-0.05, 0) is 37.0 Å². The number of hydrogen-bond acceptors (Lipinski definition) is 3. The largest absolute Gasteiger partial charge is 0.508 e. The van der Waals surface area contributed by atoms with Crippen LogP contribution >= 0.6 is 24.0 Å². The maximum absolute atomic E-state index is 10.2. The lowest BCUT2D eigenvalue weighted by Gasteiger charge is -2.25. The molecule has 102 valence electrons. The molecule has 0 aliphatic heterocycles. The maximum atomic E-state index is 10.2. The number of aromatic hydroxyl groups is 1. The minimum Gasteiger partial charge on any atom is -0.508 e. The van der Waals surface area contributed by atoms with Crippen LogP contribution in [0.3, 0.4) is 0 Å². The molecule has 0 heterocycles. The van der Waals surface area contributed by atoms with Gasteiger partial charge >= 0.3 is 0 Å². The Labute approximate surface area is 118 Å².